The molecule has 1 heterocycles. The third-order valence-electron chi connectivity index (χ3n) is 5.85. The Hall–Kier alpha value is -1.66. The summed E-state index contributed by atoms with van der Waals surface area (Å²) >= 11 is 0. The third kappa shape index (κ3) is 3.45. The summed E-state index contributed by atoms with van der Waals surface area (Å²) in [5.41, 5.74) is 2.45. The Kier molecular flexibility index (Phi) is 4.88. The molecule has 0 saturated carbocycles. The molecule has 1 aromatic carbocycles. The summed E-state index contributed by atoms with van der Waals surface area (Å²) in [6.07, 6.45) is 10.1. The van der Waals surface area contributed by atoms with Gasteiger partial charge >= 0.3 is 0 Å². The van der Waals surface area contributed by atoms with Crippen LogP contribution in [0.1, 0.15) is 36.8 Å². The quantitative estimate of drug-likeness (QED) is 0.760. The van der Waals surface area contributed by atoms with Crippen LogP contribution in [0.2, 0.25) is 0 Å². The average Bonchev–Trinajstić information content (AvgIpc) is 3.32. The summed E-state index contributed by atoms with van der Waals surface area (Å²) in [5, 5.41) is 0. The Morgan fingerprint density at radius 2 is 1.85 bits per heavy atom. The summed E-state index contributed by atoms with van der Waals surface area (Å²) < 4.78 is 27.4. The molecule has 5 nitrogen and oxygen atoms in total. The van der Waals surface area contributed by atoms with Gasteiger partial charge in [0.25, 0.3) is 0 Å². The lowest BCUT2D eigenvalue weighted by atomic mass is 10.0. The van der Waals surface area contributed by atoms with Crippen LogP contribution in [0.25, 0.3) is 0 Å². The number of aryl methyl sites for hydroxylation is 2. The number of benzene rings is 1. The first kappa shape index (κ1) is 17.7. The topological polar surface area (TPSA) is 57.7 Å². The number of piperazine rings is 1. The van der Waals surface area contributed by atoms with E-state index in [4.69, 9.17) is 0 Å². The maximum absolute atomic E-state index is 13.0. The lowest BCUT2D eigenvalue weighted by Gasteiger charge is -2.34. The minimum Gasteiger partial charge on any atom is -0.340 e. The second-order valence-corrected chi connectivity index (χ2v) is 9.48. The van der Waals surface area contributed by atoms with Gasteiger partial charge in [-0.1, -0.05) is 18.2 Å². The number of allylic oxidation sites excluding steroid dienone is 2. The second-order valence-electron chi connectivity index (χ2n) is 7.54. The Labute approximate surface area is 155 Å². The number of carbonyl (C=O) groups excluding carboxylic acids is 1. The molecule has 3 aliphatic rings. The summed E-state index contributed by atoms with van der Waals surface area (Å²) in [5.74, 6) is 0.506. The first-order valence-corrected chi connectivity index (χ1v) is 11.0. The van der Waals surface area contributed by atoms with Crippen molar-refractivity contribution in [2.45, 2.75) is 43.4 Å². The highest BCUT2D eigenvalue weighted by molar-refractivity contribution is 7.89. The predicted molar refractivity (Wildman–Crippen MR) is 100 cm³/mol. The van der Waals surface area contributed by atoms with Crippen molar-refractivity contribution < 1.29 is 13.2 Å². The van der Waals surface area contributed by atoms with Crippen molar-refractivity contribution in [2.24, 2.45) is 5.92 Å². The third-order valence-corrected chi connectivity index (χ3v) is 7.74. The van der Waals surface area contributed by atoms with Gasteiger partial charge in [0.2, 0.25) is 15.9 Å². The van der Waals surface area contributed by atoms with Crippen molar-refractivity contribution in [3.05, 3.63) is 41.5 Å². The van der Waals surface area contributed by atoms with E-state index in [2.05, 4.69) is 12.2 Å². The van der Waals surface area contributed by atoms with Crippen LogP contribution in [0.5, 0.6) is 0 Å². The molecule has 6 heteroatoms. The summed E-state index contributed by atoms with van der Waals surface area (Å²) in [4.78, 5) is 14.6. The van der Waals surface area contributed by atoms with Crippen LogP contribution in [0, 0.1) is 5.92 Å². The Balaban J connectivity index is 1.39. The zero-order valence-corrected chi connectivity index (χ0v) is 15.9. The number of hydrogen-bond donors (Lipinski definition) is 0. The summed E-state index contributed by atoms with van der Waals surface area (Å²) in [6.45, 7) is 1.73. The van der Waals surface area contributed by atoms with Gasteiger partial charge in [-0.3, -0.25) is 4.79 Å². The van der Waals surface area contributed by atoms with E-state index in [1.54, 1.807) is 6.07 Å². The molecule has 1 amide bonds. The number of sulfonamides is 1. The minimum absolute atomic E-state index is 0.149. The minimum atomic E-state index is -3.47. The fourth-order valence-electron chi connectivity index (χ4n) is 4.25. The van der Waals surface area contributed by atoms with Crippen molar-refractivity contribution in [1.82, 2.24) is 9.21 Å². The molecule has 1 aliphatic heterocycles. The van der Waals surface area contributed by atoms with E-state index in [1.165, 1.54) is 15.4 Å². The van der Waals surface area contributed by atoms with Gasteiger partial charge in [-0.2, -0.15) is 4.31 Å². The molecule has 2 aliphatic carbocycles. The fraction of sp³-hybridized carbons (Fsp3) is 0.550. The molecular weight excluding hydrogens is 348 g/mol. The molecular formula is C20H26N2O3S. The molecule has 0 radical (unpaired) electrons. The number of fused-ring (bicyclic) bond motifs is 1. The van der Waals surface area contributed by atoms with Crippen LogP contribution in [0.4, 0.5) is 0 Å². The summed E-state index contributed by atoms with van der Waals surface area (Å²) in [7, 11) is -3.47. The van der Waals surface area contributed by atoms with Crippen LogP contribution in [0.15, 0.2) is 35.2 Å². The molecule has 140 valence electrons. The Morgan fingerprint density at radius 1 is 1.08 bits per heavy atom. The van der Waals surface area contributed by atoms with Crippen molar-refractivity contribution in [2.75, 3.05) is 26.2 Å². The Bertz CT molecular complexity index is 823. The van der Waals surface area contributed by atoms with Crippen LogP contribution in [-0.2, 0) is 27.7 Å². The van der Waals surface area contributed by atoms with E-state index in [1.807, 2.05) is 17.0 Å². The van der Waals surface area contributed by atoms with Crippen LogP contribution < -0.4 is 0 Å². The molecule has 0 bridgehead atoms. The van der Waals surface area contributed by atoms with E-state index in [0.29, 0.717) is 43.4 Å². The zero-order valence-electron chi connectivity index (χ0n) is 15.1. The first-order chi connectivity index (χ1) is 12.5. The highest BCUT2D eigenvalue weighted by atomic mass is 32.2. The van der Waals surface area contributed by atoms with Gasteiger partial charge in [0.05, 0.1) is 4.90 Å². The smallest absolute Gasteiger partial charge is 0.243 e. The predicted octanol–water partition coefficient (Wildman–Crippen LogP) is 2.36. The van der Waals surface area contributed by atoms with Crippen LogP contribution in [-0.4, -0.2) is 49.7 Å². The van der Waals surface area contributed by atoms with Gasteiger partial charge in [0, 0.05) is 32.6 Å². The monoisotopic (exact) mass is 374 g/mol. The van der Waals surface area contributed by atoms with Crippen molar-refractivity contribution in [3.63, 3.8) is 0 Å². The number of amides is 1. The normalized spacial score (nSPS) is 23.4. The molecule has 1 saturated heterocycles. The second kappa shape index (κ2) is 7.16. The molecule has 0 N–H and O–H groups in total. The molecule has 4 rings (SSSR count). The number of nitrogens with zero attached hydrogens (tertiary/aromatic N) is 2. The van der Waals surface area contributed by atoms with Crippen LogP contribution >= 0.6 is 0 Å². The average molecular weight is 375 g/mol. The van der Waals surface area contributed by atoms with Gasteiger partial charge in [-0.15, -0.1) is 0 Å². The SMILES string of the molecule is O=C(CC1C=CCC1)N1CCN(S(=O)(=O)c2ccc3c(c2)CCC3)CC1. The fourth-order valence-corrected chi connectivity index (χ4v) is 5.73. The molecule has 26 heavy (non-hydrogen) atoms. The largest absolute Gasteiger partial charge is 0.340 e. The molecule has 1 atom stereocenters. The number of hydrogen-bond acceptors (Lipinski definition) is 3. The standard InChI is InChI=1S/C20H26N2O3S/c23-20(14-16-4-1-2-5-16)21-10-12-22(13-11-21)26(24,25)19-9-8-17-6-3-7-18(17)15-19/h1,4,8-9,15-16H,2-3,5-7,10-14H2. The molecule has 1 aromatic rings. The molecule has 0 spiro atoms. The number of rotatable bonds is 4. The molecule has 1 fully saturated rings. The highest BCUT2D eigenvalue weighted by Crippen LogP contribution is 2.27. The van der Waals surface area contributed by atoms with Gasteiger partial charge in [-0.05, 0) is 61.3 Å². The molecule has 0 aromatic heterocycles. The van der Waals surface area contributed by atoms with Gasteiger partial charge < -0.3 is 4.90 Å². The van der Waals surface area contributed by atoms with Crippen molar-refractivity contribution in [3.8, 4) is 0 Å². The lowest BCUT2D eigenvalue weighted by molar-refractivity contribution is -0.133. The maximum Gasteiger partial charge on any atom is 0.243 e. The van der Waals surface area contributed by atoms with Gasteiger partial charge in [-0.25, -0.2) is 8.42 Å². The first-order valence-electron chi connectivity index (χ1n) is 9.60. The summed E-state index contributed by atoms with van der Waals surface area (Å²) in [6, 6.07) is 5.55. The van der Waals surface area contributed by atoms with Crippen LogP contribution in [0.3, 0.4) is 0 Å². The lowest BCUT2D eigenvalue weighted by Crippen LogP contribution is -2.50. The van der Waals surface area contributed by atoms with Crippen molar-refractivity contribution >= 4 is 15.9 Å². The van der Waals surface area contributed by atoms with E-state index in [9.17, 15) is 13.2 Å². The Morgan fingerprint density at radius 3 is 2.58 bits per heavy atom. The van der Waals surface area contributed by atoms with E-state index in [0.717, 1.165) is 32.1 Å². The highest BCUT2D eigenvalue weighted by Gasteiger charge is 2.31. The van der Waals surface area contributed by atoms with E-state index >= 15 is 0 Å². The van der Waals surface area contributed by atoms with Crippen molar-refractivity contribution in [1.29, 1.82) is 0 Å². The van der Waals surface area contributed by atoms with Gasteiger partial charge in [0.1, 0.15) is 0 Å². The van der Waals surface area contributed by atoms with E-state index in [-0.39, 0.29) is 5.91 Å². The van der Waals surface area contributed by atoms with E-state index < -0.39 is 10.0 Å². The maximum atomic E-state index is 13.0. The number of carbonyl (C=O) groups is 1. The zero-order chi connectivity index (χ0) is 18.1. The molecule has 1 unspecified atom stereocenters. The van der Waals surface area contributed by atoms with Gasteiger partial charge in [0.15, 0.2) is 0 Å².